The van der Waals surface area contributed by atoms with E-state index in [1.165, 1.54) is 15.6 Å². The molecule has 3 unspecified atom stereocenters. The molecule has 1 aliphatic carbocycles. The van der Waals surface area contributed by atoms with Crippen molar-refractivity contribution in [2.45, 2.75) is 43.7 Å². The number of carbonyl (C=O) groups is 2. The SMILES string of the molecule is CC(Oc1cccc(C2(c3ccsc3)CC(=O)C(c3ccccc3Cl)C(=O)N2S)n1)C1CC1. The van der Waals surface area contributed by atoms with E-state index in [1.54, 1.807) is 24.3 Å². The maximum absolute atomic E-state index is 13.6. The molecule has 5 rings (SSSR count). The topological polar surface area (TPSA) is 59.5 Å². The predicted molar refractivity (Wildman–Crippen MR) is 132 cm³/mol. The molecule has 1 aliphatic heterocycles. The molecule has 0 spiro atoms. The third-order valence-corrected chi connectivity index (χ3v) is 8.09. The van der Waals surface area contributed by atoms with E-state index in [9.17, 15) is 9.59 Å². The van der Waals surface area contributed by atoms with Crippen molar-refractivity contribution >= 4 is 47.4 Å². The average molecular weight is 499 g/mol. The Kier molecular flexibility index (Phi) is 5.97. The van der Waals surface area contributed by atoms with Gasteiger partial charge in [0.25, 0.3) is 0 Å². The normalized spacial score (nSPS) is 24.1. The summed E-state index contributed by atoms with van der Waals surface area (Å²) in [6, 6.07) is 14.3. The van der Waals surface area contributed by atoms with E-state index in [-0.39, 0.29) is 18.3 Å². The molecule has 2 aliphatic rings. The summed E-state index contributed by atoms with van der Waals surface area (Å²) in [7, 11) is 0. The van der Waals surface area contributed by atoms with Crippen LogP contribution in [0.3, 0.4) is 0 Å². The van der Waals surface area contributed by atoms with E-state index in [0.29, 0.717) is 28.1 Å². The van der Waals surface area contributed by atoms with E-state index in [1.807, 2.05) is 41.9 Å². The third-order valence-electron chi connectivity index (χ3n) is 6.52. The highest BCUT2D eigenvalue weighted by Crippen LogP contribution is 2.48. The van der Waals surface area contributed by atoms with Crippen LogP contribution in [-0.2, 0) is 15.1 Å². The van der Waals surface area contributed by atoms with Crippen molar-refractivity contribution in [3.05, 3.63) is 81.1 Å². The Morgan fingerprint density at radius 3 is 2.67 bits per heavy atom. The second kappa shape index (κ2) is 8.78. The molecular weight excluding hydrogens is 476 g/mol. The molecule has 170 valence electrons. The first-order chi connectivity index (χ1) is 15.9. The van der Waals surface area contributed by atoms with Crippen LogP contribution in [0.1, 0.15) is 48.9 Å². The first kappa shape index (κ1) is 22.4. The van der Waals surface area contributed by atoms with Gasteiger partial charge >= 0.3 is 0 Å². The number of Topliss-reactive ketones (excluding diaryl/α,β-unsaturated/α-hetero) is 1. The van der Waals surface area contributed by atoms with Gasteiger partial charge in [-0.05, 0) is 65.8 Å². The number of amides is 1. The minimum absolute atomic E-state index is 0.0312. The van der Waals surface area contributed by atoms with Crippen LogP contribution in [0.4, 0.5) is 0 Å². The van der Waals surface area contributed by atoms with Crippen LogP contribution in [-0.4, -0.2) is 27.1 Å². The summed E-state index contributed by atoms with van der Waals surface area (Å²) in [5, 5.41) is 4.24. The fourth-order valence-corrected chi connectivity index (χ4v) is 5.90. The van der Waals surface area contributed by atoms with Crippen molar-refractivity contribution in [1.29, 1.82) is 0 Å². The number of nitrogens with zero attached hydrogens (tertiary/aromatic N) is 2. The Bertz CT molecular complexity index is 1200. The Balaban J connectivity index is 1.58. The van der Waals surface area contributed by atoms with Crippen molar-refractivity contribution in [2.24, 2.45) is 5.92 Å². The van der Waals surface area contributed by atoms with Crippen molar-refractivity contribution in [1.82, 2.24) is 9.29 Å². The van der Waals surface area contributed by atoms with Crippen LogP contribution in [0.15, 0.2) is 59.3 Å². The number of ether oxygens (including phenoxy) is 1. The van der Waals surface area contributed by atoms with Gasteiger partial charge < -0.3 is 4.74 Å². The zero-order valence-corrected chi connectivity index (χ0v) is 20.4. The average Bonchev–Trinajstić information content (AvgIpc) is 3.52. The lowest BCUT2D eigenvalue weighted by atomic mass is 9.75. The molecule has 3 aromatic rings. The third kappa shape index (κ3) is 3.96. The van der Waals surface area contributed by atoms with E-state index < -0.39 is 17.4 Å². The standard InChI is InChI=1S/C25H23ClN2O3S2/c1-15(16-9-10-16)31-22-8-4-7-21(27-22)25(17-11-12-33-14-17)13-20(29)23(24(30)28(25)32)18-5-2-3-6-19(18)26/h2-8,11-12,14-16,23,32H,9-10,13H2,1H3. The minimum Gasteiger partial charge on any atom is -0.474 e. The largest absolute Gasteiger partial charge is 0.474 e. The summed E-state index contributed by atoms with van der Waals surface area (Å²) in [4.78, 5) is 32.0. The van der Waals surface area contributed by atoms with Crippen LogP contribution < -0.4 is 4.74 Å². The minimum atomic E-state index is -1.14. The Morgan fingerprint density at radius 2 is 1.97 bits per heavy atom. The number of halogens is 1. The molecule has 0 radical (unpaired) electrons. The summed E-state index contributed by atoms with van der Waals surface area (Å²) in [6.07, 6.45) is 2.42. The van der Waals surface area contributed by atoms with Gasteiger partial charge in [-0.1, -0.05) is 48.7 Å². The number of ketones is 1. The number of pyridine rings is 1. The molecule has 2 aromatic heterocycles. The maximum Gasteiger partial charge on any atom is 0.248 e. The first-order valence-electron chi connectivity index (χ1n) is 10.9. The summed E-state index contributed by atoms with van der Waals surface area (Å²) >= 11 is 12.5. The number of thiol groups is 1. The highest BCUT2D eigenvalue weighted by atomic mass is 35.5. The maximum atomic E-state index is 13.6. The van der Waals surface area contributed by atoms with Gasteiger partial charge in [-0.2, -0.15) is 11.3 Å². The van der Waals surface area contributed by atoms with Crippen LogP contribution in [0, 0.1) is 5.92 Å². The number of thiophene rings is 1. The number of carbonyl (C=O) groups excluding carboxylic acids is 2. The molecule has 0 N–H and O–H groups in total. The van der Waals surface area contributed by atoms with Crippen LogP contribution >= 0.6 is 35.8 Å². The Hall–Kier alpha value is -2.35. The summed E-state index contributed by atoms with van der Waals surface area (Å²) < 4.78 is 7.45. The molecule has 1 saturated carbocycles. The fraction of sp³-hybridized carbons (Fsp3) is 0.320. The molecule has 8 heteroatoms. The van der Waals surface area contributed by atoms with Gasteiger partial charge in [0.15, 0.2) is 5.78 Å². The first-order valence-corrected chi connectivity index (χ1v) is 12.6. The van der Waals surface area contributed by atoms with Crippen molar-refractivity contribution in [3.63, 3.8) is 0 Å². The highest BCUT2D eigenvalue weighted by Gasteiger charge is 2.53. The number of aromatic nitrogens is 1. The molecule has 3 atom stereocenters. The van der Waals surface area contributed by atoms with Gasteiger partial charge in [-0.3, -0.25) is 13.9 Å². The molecule has 5 nitrogen and oxygen atoms in total. The van der Waals surface area contributed by atoms with Gasteiger partial charge in [0.1, 0.15) is 17.6 Å². The van der Waals surface area contributed by atoms with Crippen LogP contribution in [0.2, 0.25) is 5.02 Å². The van der Waals surface area contributed by atoms with Gasteiger partial charge in [0.2, 0.25) is 11.8 Å². The number of hydrogen-bond acceptors (Lipinski definition) is 6. The second-order valence-electron chi connectivity index (χ2n) is 8.64. The zero-order chi connectivity index (χ0) is 23.2. The van der Waals surface area contributed by atoms with Crippen molar-refractivity contribution < 1.29 is 14.3 Å². The summed E-state index contributed by atoms with van der Waals surface area (Å²) in [6.45, 7) is 2.05. The van der Waals surface area contributed by atoms with E-state index in [2.05, 4.69) is 12.8 Å². The number of rotatable bonds is 6. The molecule has 1 aromatic carbocycles. The number of hydrogen-bond donors (Lipinski definition) is 1. The quantitative estimate of drug-likeness (QED) is 0.352. The number of piperidine rings is 1. The Labute approximate surface area is 207 Å². The fourth-order valence-electron chi connectivity index (χ4n) is 4.53. The van der Waals surface area contributed by atoms with Gasteiger partial charge in [0, 0.05) is 17.5 Å². The Morgan fingerprint density at radius 1 is 1.18 bits per heavy atom. The highest BCUT2D eigenvalue weighted by molar-refractivity contribution is 7.78. The summed E-state index contributed by atoms with van der Waals surface area (Å²) in [5.41, 5.74) is 0.699. The van der Waals surface area contributed by atoms with Gasteiger partial charge in [-0.25, -0.2) is 4.98 Å². The zero-order valence-electron chi connectivity index (χ0n) is 18.0. The lowest BCUT2D eigenvalue weighted by molar-refractivity contribution is -0.142. The van der Waals surface area contributed by atoms with Crippen LogP contribution in [0.25, 0.3) is 0 Å². The predicted octanol–water partition coefficient (Wildman–Crippen LogP) is 5.65. The molecule has 2 fully saturated rings. The van der Waals surface area contributed by atoms with Crippen molar-refractivity contribution in [3.8, 4) is 5.88 Å². The van der Waals surface area contributed by atoms with E-state index in [0.717, 1.165) is 18.4 Å². The van der Waals surface area contributed by atoms with E-state index in [4.69, 9.17) is 21.3 Å². The molecule has 3 heterocycles. The van der Waals surface area contributed by atoms with E-state index >= 15 is 0 Å². The lowest BCUT2D eigenvalue weighted by Gasteiger charge is -2.45. The molecule has 1 amide bonds. The monoisotopic (exact) mass is 498 g/mol. The molecule has 33 heavy (non-hydrogen) atoms. The smallest absolute Gasteiger partial charge is 0.248 e. The second-order valence-corrected chi connectivity index (χ2v) is 10.2. The van der Waals surface area contributed by atoms with Gasteiger partial charge in [0.05, 0.1) is 5.69 Å². The molecular formula is C25H23ClN2O3S2. The van der Waals surface area contributed by atoms with Gasteiger partial charge in [-0.15, -0.1) is 0 Å². The number of benzene rings is 1. The molecule has 0 bridgehead atoms. The molecule has 1 saturated heterocycles. The summed E-state index contributed by atoms with van der Waals surface area (Å²) in [5.74, 6) is -0.608. The van der Waals surface area contributed by atoms with Crippen molar-refractivity contribution in [2.75, 3.05) is 0 Å². The lowest BCUT2D eigenvalue weighted by Crippen LogP contribution is -2.54. The van der Waals surface area contributed by atoms with Crippen LogP contribution in [0.5, 0.6) is 5.88 Å².